The van der Waals surface area contributed by atoms with Crippen molar-refractivity contribution in [2.45, 2.75) is 30.7 Å². The highest BCUT2D eigenvalue weighted by molar-refractivity contribution is 5.42. The van der Waals surface area contributed by atoms with Crippen LogP contribution in [0.5, 0.6) is 0 Å². The number of hydrogen-bond acceptors (Lipinski definition) is 1. The Hall–Kier alpha value is -0.820. The first-order chi connectivity index (χ1) is 5.86. The summed E-state index contributed by atoms with van der Waals surface area (Å²) in [5.41, 5.74) is 9.14. The third kappa shape index (κ3) is 0.674. The van der Waals surface area contributed by atoms with Crippen LogP contribution in [-0.4, -0.2) is 6.04 Å². The molecule has 2 aliphatic carbocycles. The molecule has 62 valence electrons. The largest absolute Gasteiger partial charge is 0.327 e. The van der Waals surface area contributed by atoms with Gasteiger partial charge in [0.05, 0.1) is 0 Å². The second-order valence-electron chi connectivity index (χ2n) is 4.07. The molecule has 12 heavy (non-hydrogen) atoms. The lowest BCUT2D eigenvalue weighted by Crippen LogP contribution is -2.25. The van der Waals surface area contributed by atoms with Gasteiger partial charge in [-0.2, -0.15) is 0 Å². The van der Waals surface area contributed by atoms with Crippen LogP contribution in [0.15, 0.2) is 24.3 Å². The van der Waals surface area contributed by atoms with Gasteiger partial charge in [0.1, 0.15) is 0 Å². The average Bonchev–Trinajstić information content (AvgIpc) is 2.62. The molecule has 1 aromatic carbocycles. The molecule has 2 bridgehead atoms. The minimum atomic E-state index is 0.435. The molecule has 1 nitrogen and oxygen atoms in total. The van der Waals surface area contributed by atoms with Gasteiger partial charge in [-0.25, -0.2) is 0 Å². The maximum atomic E-state index is 6.03. The quantitative estimate of drug-likeness (QED) is 0.615. The summed E-state index contributed by atoms with van der Waals surface area (Å²) in [6, 6.07) is 9.23. The van der Waals surface area contributed by atoms with Crippen molar-refractivity contribution in [3.8, 4) is 0 Å². The van der Waals surface area contributed by atoms with Crippen LogP contribution in [0.25, 0.3) is 0 Å². The first-order valence-corrected chi connectivity index (χ1v) is 4.70. The second-order valence-corrected chi connectivity index (χ2v) is 4.07. The maximum Gasteiger partial charge on any atom is 0.0114 e. The normalized spacial score (nSPS) is 36.9. The van der Waals surface area contributed by atoms with E-state index in [0.29, 0.717) is 12.0 Å². The standard InChI is InChI=1S/C11H13N/c12-11-6-7-5-10(11)9-4-2-1-3-8(7)9/h1-4,7,10-11H,5-6,12H2/t7?,10-,11+/m1/s1. The predicted molar refractivity (Wildman–Crippen MR) is 49.1 cm³/mol. The summed E-state index contributed by atoms with van der Waals surface area (Å²) < 4.78 is 0. The Kier molecular flexibility index (Phi) is 1.17. The van der Waals surface area contributed by atoms with Gasteiger partial charge in [0.2, 0.25) is 0 Å². The summed E-state index contributed by atoms with van der Waals surface area (Å²) in [6.07, 6.45) is 2.52. The van der Waals surface area contributed by atoms with Crippen molar-refractivity contribution in [3.05, 3.63) is 35.4 Å². The lowest BCUT2D eigenvalue weighted by molar-refractivity contribution is 0.595. The van der Waals surface area contributed by atoms with E-state index in [1.807, 2.05) is 0 Å². The van der Waals surface area contributed by atoms with Gasteiger partial charge in [0.25, 0.3) is 0 Å². The zero-order valence-corrected chi connectivity index (χ0v) is 7.03. The molecule has 1 aromatic rings. The van der Waals surface area contributed by atoms with Crippen molar-refractivity contribution in [2.24, 2.45) is 5.73 Å². The van der Waals surface area contributed by atoms with Crippen molar-refractivity contribution < 1.29 is 0 Å². The molecule has 1 fully saturated rings. The highest BCUT2D eigenvalue weighted by atomic mass is 14.7. The van der Waals surface area contributed by atoms with Crippen molar-refractivity contribution in [1.29, 1.82) is 0 Å². The Balaban J connectivity index is 2.17. The molecule has 0 amide bonds. The summed E-state index contributed by atoms with van der Waals surface area (Å²) >= 11 is 0. The summed E-state index contributed by atoms with van der Waals surface area (Å²) in [5.74, 6) is 1.45. The molecule has 1 saturated carbocycles. The molecule has 0 spiro atoms. The maximum absolute atomic E-state index is 6.03. The van der Waals surface area contributed by atoms with Crippen molar-refractivity contribution in [3.63, 3.8) is 0 Å². The summed E-state index contributed by atoms with van der Waals surface area (Å²) in [6.45, 7) is 0. The number of nitrogens with two attached hydrogens (primary N) is 1. The number of benzene rings is 1. The average molecular weight is 159 g/mol. The lowest BCUT2D eigenvalue weighted by Gasteiger charge is -2.20. The molecule has 0 aliphatic heterocycles. The van der Waals surface area contributed by atoms with Crippen LogP contribution in [-0.2, 0) is 0 Å². The molecule has 3 atom stereocenters. The zero-order chi connectivity index (χ0) is 8.13. The van der Waals surface area contributed by atoms with E-state index < -0.39 is 0 Å². The van der Waals surface area contributed by atoms with Crippen LogP contribution in [0.2, 0.25) is 0 Å². The summed E-state index contributed by atoms with van der Waals surface area (Å²) in [7, 11) is 0. The molecule has 2 N–H and O–H groups in total. The first-order valence-electron chi connectivity index (χ1n) is 4.70. The van der Waals surface area contributed by atoms with Crippen molar-refractivity contribution in [1.82, 2.24) is 0 Å². The first kappa shape index (κ1) is 6.67. The lowest BCUT2D eigenvalue weighted by atomic mass is 9.89. The molecular weight excluding hydrogens is 146 g/mol. The zero-order valence-electron chi connectivity index (χ0n) is 7.03. The van der Waals surface area contributed by atoms with E-state index in [4.69, 9.17) is 5.73 Å². The van der Waals surface area contributed by atoms with Gasteiger partial charge in [-0.3, -0.25) is 0 Å². The fourth-order valence-electron chi connectivity index (χ4n) is 2.90. The smallest absolute Gasteiger partial charge is 0.0114 e. The number of hydrogen-bond donors (Lipinski definition) is 1. The molecular formula is C11H13N. The SMILES string of the molecule is N[C@H]1CC2C[C@@H]1c1ccccc12. The third-order valence-corrected chi connectivity index (χ3v) is 3.45. The van der Waals surface area contributed by atoms with Gasteiger partial charge in [-0.1, -0.05) is 24.3 Å². The van der Waals surface area contributed by atoms with E-state index >= 15 is 0 Å². The van der Waals surface area contributed by atoms with Gasteiger partial charge in [0, 0.05) is 6.04 Å². The van der Waals surface area contributed by atoms with Gasteiger partial charge in [-0.15, -0.1) is 0 Å². The van der Waals surface area contributed by atoms with E-state index in [9.17, 15) is 0 Å². The second kappa shape index (κ2) is 2.11. The Bertz CT molecular complexity index is 319. The van der Waals surface area contributed by atoms with E-state index in [1.165, 1.54) is 18.4 Å². The van der Waals surface area contributed by atoms with Gasteiger partial charge in [0.15, 0.2) is 0 Å². The molecule has 0 heterocycles. The van der Waals surface area contributed by atoms with Gasteiger partial charge in [-0.05, 0) is 35.8 Å². The topological polar surface area (TPSA) is 26.0 Å². The highest BCUT2D eigenvalue weighted by Crippen LogP contribution is 2.51. The molecule has 2 aliphatic rings. The van der Waals surface area contributed by atoms with Crippen LogP contribution in [0.3, 0.4) is 0 Å². The number of rotatable bonds is 0. The van der Waals surface area contributed by atoms with E-state index in [1.54, 1.807) is 5.56 Å². The minimum absolute atomic E-state index is 0.435. The summed E-state index contributed by atoms with van der Waals surface area (Å²) in [4.78, 5) is 0. The monoisotopic (exact) mass is 159 g/mol. The molecule has 0 aromatic heterocycles. The van der Waals surface area contributed by atoms with Crippen LogP contribution in [0, 0.1) is 0 Å². The summed E-state index contributed by atoms with van der Waals surface area (Å²) in [5, 5.41) is 0. The van der Waals surface area contributed by atoms with Crippen LogP contribution >= 0.6 is 0 Å². The Labute approximate surface area is 72.6 Å². The fraction of sp³-hybridized carbons (Fsp3) is 0.455. The van der Waals surface area contributed by atoms with Crippen molar-refractivity contribution in [2.75, 3.05) is 0 Å². The van der Waals surface area contributed by atoms with Crippen LogP contribution in [0.1, 0.15) is 35.8 Å². The van der Waals surface area contributed by atoms with Gasteiger partial charge < -0.3 is 5.73 Å². The van der Waals surface area contributed by atoms with Gasteiger partial charge >= 0.3 is 0 Å². The van der Waals surface area contributed by atoms with Crippen LogP contribution in [0.4, 0.5) is 0 Å². The Morgan fingerprint density at radius 3 is 2.67 bits per heavy atom. The number of fused-ring (bicyclic) bond motifs is 5. The van der Waals surface area contributed by atoms with Crippen molar-refractivity contribution >= 4 is 0 Å². The van der Waals surface area contributed by atoms with Crippen LogP contribution < -0.4 is 5.73 Å². The predicted octanol–water partition coefficient (Wildman–Crippen LogP) is 1.99. The van der Waals surface area contributed by atoms with E-state index in [-0.39, 0.29) is 0 Å². The van der Waals surface area contributed by atoms with E-state index in [2.05, 4.69) is 24.3 Å². The fourth-order valence-corrected chi connectivity index (χ4v) is 2.90. The molecule has 1 unspecified atom stereocenters. The molecule has 3 rings (SSSR count). The minimum Gasteiger partial charge on any atom is -0.327 e. The highest BCUT2D eigenvalue weighted by Gasteiger charge is 2.41. The molecule has 0 saturated heterocycles. The Morgan fingerprint density at radius 1 is 1.08 bits per heavy atom. The third-order valence-electron chi connectivity index (χ3n) is 3.45. The Morgan fingerprint density at radius 2 is 1.83 bits per heavy atom. The molecule has 1 heteroatoms. The van der Waals surface area contributed by atoms with E-state index in [0.717, 1.165) is 5.92 Å². The molecule has 0 radical (unpaired) electrons.